The van der Waals surface area contributed by atoms with Crippen molar-refractivity contribution >= 4 is 22.6 Å². The van der Waals surface area contributed by atoms with Gasteiger partial charge in [-0.15, -0.1) is 0 Å². The van der Waals surface area contributed by atoms with E-state index in [0.29, 0.717) is 11.8 Å². The highest BCUT2D eigenvalue weighted by atomic mass is 35.5. The molecule has 0 bridgehead atoms. The van der Waals surface area contributed by atoms with Crippen LogP contribution in [0.4, 0.5) is 0 Å². The molecule has 1 aliphatic rings. The van der Waals surface area contributed by atoms with Crippen molar-refractivity contribution in [3.05, 3.63) is 23.7 Å². The van der Waals surface area contributed by atoms with Gasteiger partial charge >= 0.3 is 0 Å². The highest BCUT2D eigenvalue weighted by molar-refractivity contribution is 6.33. The second-order valence-corrected chi connectivity index (χ2v) is 4.94. The fourth-order valence-corrected chi connectivity index (χ4v) is 2.47. The number of aromatic nitrogens is 3. The molecule has 0 aliphatic carbocycles. The Morgan fingerprint density at radius 3 is 3.21 bits per heavy atom. The molecule has 1 fully saturated rings. The normalized spacial score (nSPS) is 19.9. The van der Waals surface area contributed by atoms with Crippen LogP contribution in [0.1, 0.15) is 19.3 Å². The second-order valence-electron chi connectivity index (χ2n) is 4.58. The summed E-state index contributed by atoms with van der Waals surface area (Å²) in [5, 5.41) is 1.36. The topological polar surface area (TPSA) is 49.2 Å². The zero-order chi connectivity index (χ0) is 13.1. The van der Waals surface area contributed by atoms with Gasteiger partial charge in [-0.1, -0.05) is 11.6 Å². The number of nitrogens with zero attached hydrogens (tertiary/aromatic N) is 3. The molecule has 3 heterocycles. The molecule has 1 atom stereocenters. The van der Waals surface area contributed by atoms with E-state index in [0.717, 1.165) is 37.0 Å². The van der Waals surface area contributed by atoms with Crippen molar-refractivity contribution < 1.29 is 9.47 Å². The molecule has 0 spiro atoms. The molecule has 0 N–H and O–H groups in total. The molecule has 19 heavy (non-hydrogen) atoms. The van der Waals surface area contributed by atoms with Crippen LogP contribution in [0.3, 0.4) is 0 Å². The van der Waals surface area contributed by atoms with Gasteiger partial charge in [0.15, 0.2) is 6.29 Å². The summed E-state index contributed by atoms with van der Waals surface area (Å²) in [4.78, 5) is 8.21. The zero-order valence-corrected chi connectivity index (χ0v) is 11.3. The van der Waals surface area contributed by atoms with E-state index in [1.807, 2.05) is 16.8 Å². The van der Waals surface area contributed by atoms with Crippen LogP contribution < -0.4 is 0 Å². The van der Waals surface area contributed by atoms with Gasteiger partial charge in [0.1, 0.15) is 17.1 Å². The maximum absolute atomic E-state index is 6.01. The molecule has 1 unspecified atom stereocenters. The predicted octanol–water partition coefficient (Wildman–Crippen LogP) is 2.63. The molecule has 2 aromatic rings. The standard InChI is InChI=1S/C13H16ClN3O2/c14-12-10-4-5-17(13(10)16-9-15-12)6-8-19-11-3-1-2-7-18-11/h4-5,9,11H,1-3,6-8H2. The summed E-state index contributed by atoms with van der Waals surface area (Å²) in [5.41, 5.74) is 0.841. The maximum Gasteiger partial charge on any atom is 0.157 e. The van der Waals surface area contributed by atoms with Gasteiger partial charge in [0.05, 0.1) is 12.0 Å². The van der Waals surface area contributed by atoms with Gasteiger partial charge in [-0.25, -0.2) is 9.97 Å². The summed E-state index contributed by atoms with van der Waals surface area (Å²) in [6.07, 6.45) is 6.69. The Morgan fingerprint density at radius 1 is 1.42 bits per heavy atom. The molecule has 0 aromatic carbocycles. The molecule has 0 radical (unpaired) electrons. The summed E-state index contributed by atoms with van der Waals surface area (Å²) >= 11 is 6.01. The van der Waals surface area contributed by atoms with E-state index in [4.69, 9.17) is 21.1 Å². The van der Waals surface area contributed by atoms with Crippen molar-refractivity contribution in [3.63, 3.8) is 0 Å². The van der Waals surface area contributed by atoms with Gasteiger partial charge in [-0.3, -0.25) is 0 Å². The minimum Gasteiger partial charge on any atom is -0.353 e. The van der Waals surface area contributed by atoms with E-state index < -0.39 is 0 Å². The predicted molar refractivity (Wildman–Crippen MR) is 72.1 cm³/mol. The summed E-state index contributed by atoms with van der Waals surface area (Å²) < 4.78 is 13.3. The van der Waals surface area contributed by atoms with E-state index in [1.54, 1.807) is 0 Å². The van der Waals surface area contributed by atoms with Crippen LogP contribution in [0.5, 0.6) is 0 Å². The molecule has 2 aromatic heterocycles. The molecule has 1 aliphatic heterocycles. The third kappa shape index (κ3) is 2.88. The van der Waals surface area contributed by atoms with Gasteiger partial charge in [0.2, 0.25) is 0 Å². The van der Waals surface area contributed by atoms with Crippen LogP contribution in [0, 0.1) is 0 Å². The third-order valence-electron chi connectivity index (χ3n) is 3.28. The van der Waals surface area contributed by atoms with Gasteiger partial charge in [0, 0.05) is 19.3 Å². The number of rotatable bonds is 4. The lowest BCUT2D eigenvalue weighted by Gasteiger charge is -2.22. The Balaban J connectivity index is 1.60. The molecule has 1 saturated heterocycles. The SMILES string of the molecule is Clc1ncnc2c1ccn2CCOC1CCCCO1. The van der Waals surface area contributed by atoms with Crippen molar-refractivity contribution in [3.8, 4) is 0 Å². The van der Waals surface area contributed by atoms with Crippen LogP contribution in [-0.2, 0) is 16.0 Å². The third-order valence-corrected chi connectivity index (χ3v) is 3.58. The molecule has 0 saturated carbocycles. The molecule has 5 nitrogen and oxygen atoms in total. The minimum atomic E-state index is -0.0474. The number of hydrogen-bond donors (Lipinski definition) is 0. The smallest absolute Gasteiger partial charge is 0.157 e. The van der Waals surface area contributed by atoms with E-state index >= 15 is 0 Å². The van der Waals surface area contributed by atoms with E-state index in [9.17, 15) is 0 Å². The first kappa shape index (κ1) is 12.8. The molecule has 102 valence electrons. The Labute approximate surface area is 116 Å². The average Bonchev–Trinajstić information content (AvgIpc) is 2.85. The summed E-state index contributed by atoms with van der Waals surface area (Å²) in [7, 11) is 0. The Morgan fingerprint density at radius 2 is 2.37 bits per heavy atom. The van der Waals surface area contributed by atoms with E-state index in [-0.39, 0.29) is 6.29 Å². The summed E-state index contributed by atoms with van der Waals surface area (Å²) in [6.45, 7) is 2.15. The van der Waals surface area contributed by atoms with Gasteiger partial charge in [0.25, 0.3) is 0 Å². The van der Waals surface area contributed by atoms with Crippen LogP contribution in [0.2, 0.25) is 5.15 Å². The number of ether oxygens (including phenoxy) is 2. The lowest BCUT2D eigenvalue weighted by atomic mass is 10.2. The first-order valence-corrected chi connectivity index (χ1v) is 6.91. The Bertz CT molecular complexity index is 552. The summed E-state index contributed by atoms with van der Waals surface area (Å²) in [6, 6.07) is 1.93. The monoisotopic (exact) mass is 281 g/mol. The zero-order valence-electron chi connectivity index (χ0n) is 10.6. The van der Waals surface area contributed by atoms with Crippen LogP contribution in [0.15, 0.2) is 18.6 Å². The lowest BCUT2D eigenvalue weighted by Crippen LogP contribution is -2.23. The molecular formula is C13H16ClN3O2. The van der Waals surface area contributed by atoms with Crippen molar-refractivity contribution in [1.29, 1.82) is 0 Å². The molecule has 0 amide bonds. The van der Waals surface area contributed by atoms with Crippen molar-refractivity contribution in [2.75, 3.05) is 13.2 Å². The second kappa shape index (κ2) is 5.86. The number of hydrogen-bond acceptors (Lipinski definition) is 4. The number of fused-ring (bicyclic) bond motifs is 1. The van der Waals surface area contributed by atoms with Crippen molar-refractivity contribution in [2.45, 2.75) is 32.1 Å². The highest BCUT2D eigenvalue weighted by Gasteiger charge is 2.14. The minimum absolute atomic E-state index is 0.0474. The lowest BCUT2D eigenvalue weighted by molar-refractivity contribution is -0.163. The van der Waals surface area contributed by atoms with Gasteiger partial charge in [-0.05, 0) is 25.3 Å². The first-order chi connectivity index (χ1) is 9.34. The maximum atomic E-state index is 6.01. The Kier molecular flexibility index (Phi) is 3.96. The highest BCUT2D eigenvalue weighted by Crippen LogP contribution is 2.20. The van der Waals surface area contributed by atoms with Crippen LogP contribution in [0.25, 0.3) is 11.0 Å². The average molecular weight is 282 g/mol. The fraction of sp³-hybridized carbons (Fsp3) is 0.538. The van der Waals surface area contributed by atoms with Crippen LogP contribution >= 0.6 is 11.6 Å². The van der Waals surface area contributed by atoms with Gasteiger partial charge < -0.3 is 14.0 Å². The van der Waals surface area contributed by atoms with Crippen molar-refractivity contribution in [1.82, 2.24) is 14.5 Å². The van der Waals surface area contributed by atoms with E-state index in [1.165, 1.54) is 12.7 Å². The fourth-order valence-electron chi connectivity index (χ4n) is 2.28. The van der Waals surface area contributed by atoms with Gasteiger partial charge in [-0.2, -0.15) is 0 Å². The quantitative estimate of drug-likeness (QED) is 0.809. The molecule has 6 heteroatoms. The molecular weight excluding hydrogens is 266 g/mol. The Hall–Kier alpha value is -1.17. The van der Waals surface area contributed by atoms with E-state index in [2.05, 4.69) is 9.97 Å². The molecule has 3 rings (SSSR count). The first-order valence-electron chi connectivity index (χ1n) is 6.53. The van der Waals surface area contributed by atoms with Crippen molar-refractivity contribution in [2.24, 2.45) is 0 Å². The summed E-state index contributed by atoms with van der Waals surface area (Å²) in [5.74, 6) is 0. The largest absolute Gasteiger partial charge is 0.353 e. The number of halogens is 1. The van der Waals surface area contributed by atoms with Crippen LogP contribution in [-0.4, -0.2) is 34.0 Å².